The molecule has 0 aliphatic heterocycles. The van der Waals surface area contributed by atoms with Crippen molar-refractivity contribution in [1.82, 2.24) is 5.32 Å². The van der Waals surface area contributed by atoms with Crippen LogP contribution in [-0.2, 0) is 16.6 Å². The third-order valence-electron chi connectivity index (χ3n) is 4.24. The van der Waals surface area contributed by atoms with Gasteiger partial charge in [-0.1, -0.05) is 63.2 Å². The van der Waals surface area contributed by atoms with E-state index in [0.29, 0.717) is 13.0 Å². The van der Waals surface area contributed by atoms with Crippen LogP contribution in [0.1, 0.15) is 44.7 Å². The first-order valence-electron chi connectivity index (χ1n) is 9.10. The van der Waals surface area contributed by atoms with Gasteiger partial charge in [0.1, 0.15) is 0 Å². The molecule has 0 fully saturated rings. The summed E-state index contributed by atoms with van der Waals surface area (Å²) in [6, 6.07) is 18.8. The lowest BCUT2D eigenvalue weighted by Gasteiger charge is -2.19. The summed E-state index contributed by atoms with van der Waals surface area (Å²) in [4.78, 5) is 11.9. The SMILES string of the molecule is CC(C)(C)c1ccc(NCCC(=O)NCCCc2ccccc2)cc1. The van der Waals surface area contributed by atoms with Gasteiger partial charge in [0.25, 0.3) is 0 Å². The van der Waals surface area contributed by atoms with Crippen molar-refractivity contribution in [3.05, 3.63) is 65.7 Å². The summed E-state index contributed by atoms with van der Waals surface area (Å²) in [5.41, 5.74) is 3.86. The summed E-state index contributed by atoms with van der Waals surface area (Å²) >= 11 is 0. The van der Waals surface area contributed by atoms with Gasteiger partial charge in [0, 0.05) is 25.2 Å². The van der Waals surface area contributed by atoms with E-state index in [1.165, 1.54) is 11.1 Å². The molecule has 0 aliphatic rings. The Labute approximate surface area is 151 Å². The van der Waals surface area contributed by atoms with Crippen molar-refractivity contribution in [3.8, 4) is 0 Å². The molecule has 0 aliphatic carbocycles. The molecule has 0 aromatic heterocycles. The van der Waals surface area contributed by atoms with Gasteiger partial charge >= 0.3 is 0 Å². The number of anilines is 1. The number of aryl methyl sites for hydroxylation is 1. The molecular formula is C22H30N2O. The molecule has 2 N–H and O–H groups in total. The Kier molecular flexibility index (Phi) is 7.05. The van der Waals surface area contributed by atoms with Crippen LogP contribution in [0.4, 0.5) is 5.69 Å². The van der Waals surface area contributed by atoms with Crippen LogP contribution in [0.3, 0.4) is 0 Å². The molecule has 0 bridgehead atoms. The standard InChI is InChI=1S/C22H30N2O/c1-22(2,3)19-11-13-20(14-12-19)23-17-15-21(25)24-16-7-10-18-8-5-4-6-9-18/h4-6,8-9,11-14,23H,7,10,15-17H2,1-3H3,(H,24,25). The fourth-order valence-electron chi connectivity index (χ4n) is 2.66. The maximum atomic E-state index is 11.9. The lowest BCUT2D eigenvalue weighted by Crippen LogP contribution is -2.26. The van der Waals surface area contributed by atoms with Crippen LogP contribution >= 0.6 is 0 Å². The molecule has 0 saturated heterocycles. The van der Waals surface area contributed by atoms with Gasteiger partial charge in [0.2, 0.25) is 5.91 Å². The third-order valence-corrected chi connectivity index (χ3v) is 4.24. The molecule has 2 aromatic rings. The molecular weight excluding hydrogens is 308 g/mol. The number of carbonyl (C=O) groups excluding carboxylic acids is 1. The van der Waals surface area contributed by atoms with Crippen molar-refractivity contribution in [1.29, 1.82) is 0 Å². The molecule has 0 radical (unpaired) electrons. The van der Waals surface area contributed by atoms with Crippen molar-refractivity contribution in [2.24, 2.45) is 0 Å². The summed E-state index contributed by atoms with van der Waals surface area (Å²) in [5, 5.41) is 6.30. The fourth-order valence-corrected chi connectivity index (χ4v) is 2.66. The quantitative estimate of drug-likeness (QED) is 0.694. The molecule has 2 rings (SSSR count). The van der Waals surface area contributed by atoms with Crippen molar-refractivity contribution >= 4 is 11.6 Å². The van der Waals surface area contributed by atoms with Crippen LogP contribution in [-0.4, -0.2) is 19.0 Å². The highest BCUT2D eigenvalue weighted by atomic mass is 16.1. The Morgan fingerprint density at radius 1 is 0.920 bits per heavy atom. The second-order valence-electron chi connectivity index (χ2n) is 7.44. The Bertz CT molecular complexity index is 642. The zero-order chi connectivity index (χ0) is 18.1. The molecule has 2 aromatic carbocycles. The molecule has 0 heterocycles. The van der Waals surface area contributed by atoms with E-state index in [-0.39, 0.29) is 11.3 Å². The number of hydrogen-bond donors (Lipinski definition) is 2. The number of hydrogen-bond acceptors (Lipinski definition) is 2. The maximum absolute atomic E-state index is 11.9. The Morgan fingerprint density at radius 2 is 1.60 bits per heavy atom. The van der Waals surface area contributed by atoms with E-state index in [1.807, 2.05) is 18.2 Å². The average molecular weight is 338 g/mol. The third kappa shape index (κ3) is 7.00. The summed E-state index contributed by atoms with van der Waals surface area (Å²) in [5.74, 6) is 0.104. The van der Waals surface area contributed by atoms with E-state index < -0.39 is 0 Å². The van der Waals surface area contributed by atoms with E-state index in [1.54, 1.807) is 0 Å². The highest BCUT2D eigenvalue weighted by Crippen LogP contribution is 2.23. The molecule has 3 heteroatoms. The monoisotopic (exact) mass is 338 g/mol. The van der Waals surface area contributed by atoms with Gasteiger partial charge in [-0.3, -0.25) is 4.79 Å². The highest BCUT2D eigenvalue weighted by Gasteiger charge is 2.12. The maximum Gasteiger partial charge on any atom is 0.221 e. The summed E-state index contributed by atoms with van der Waals surface area (Å²) < 4.78 is 0. The largest absolute Gasteiger partial charge is 0.385 e. The van der Waals surface area contributed by atoms with Crippen molar-refractivity contribution < 1.29 is 4.79 Å². The zero-order valence-corrected chi connectivity index (χ0v) is 15.6. The van der Waals surface area contributed by atoms with Crippen molar-refractivity contribution in [3.63, 3.8) is 0 Å². The minimum absolute atomic E-state index is 0.104. The number of rotatable bonds is 8. The van der Waals surface area contributed by atoms with Crippen molar-refractivity contribution in [2.45, 2.75) is 45.4 Å². The molecule has 134 valence electrons. The topological polar surface area (TPSA) is 41.1 Å². The first-order chi connectivity index (χ1) is 11.9. The van der Waals surface area contributed by atoms with Gasteiger partial charge in [-0.2, -0.15) is 0 Å². The average Bonchev–Trinajstić information content (AvgIpc) is 2.59. The molecule has 1 amide bonds. The molecule has 0 spiro atoms. The second kappa shape index (κ2) is 9.26. The van der Waals surface area contributed by atoms with Gasteiger partial charge in [-0.15, -0.1) is 0 Å². The molecule has 25 heavy (non-hydrogen) atoms. The van der Waals surface area contributed by atoms with E-state index in [2.05, 4.69) is 67.8 Å². The van der Waals surface area contributed by atoms with E-state index in [9.17, 15) is 4.79 Å². The van der Waals surface area contributed by atoms with Gasteiger partial charge in [0.05, 0.1) is 0 Å². The van der Waals surface area contributed by atoms with Crippen LogP contribution < -0.4 is 10.6 Å². The van der Waals surface area contributed by atoms with Crippen LogP contribution in [0.5, 0.6) is 0 Å². The Morgan fingerprint density at radius 3 is 2.24 bits per heavy atom. The molecule has 0 atom stereocenters. The van der Waals surface area contributed by atoms with Gasteiger partial charge < -0.3 is 10.6 Å². The van der Waals surface area contributed by atoms with Gasteiger partial charge in [-0.25, -0.2) is 0 Å². The van der Waals surface area contributed by atoms with Crippen LogP contribution in [0.25, 0.3) is 0 Å². The first kappa shape index (κ1) is 19.0. The fraction of sp³-hybridized carbons (Fsp3) is 0.409. The van der Waals surface area contributed by atoms with Crippen LogP contribution in [0.15, 0.2) is 54.6 Å². The smallest absolute Gasteiger partial charge is 0.221 e. The van der Waals surface area contributed by atoms with Gasteiger partial charge in [-0.05, 0) is 41.5 Å². The molecule has 0 unspecified atom stereocenters. The summed E-state index contributed by atoms with van der Waals surface area (Å²) in [7, 11) is 0. The van der Waals surface area contributed by atoms with E-state index in [4.69, 9.17) is 0 Å². The number of benzene rings is 2. The number of carbonyl (C=O) groups is 1. The Hall–Kier alpha value is -2.29. The van der Waals surface area contributed by atoms with E-state index in [0.717, 1.165) is 25.1 Å². The minimum Gasteiger partial charge on any atom is -0.385 e. The molecule has 3 nitrogen and oxygen atoms in total. The molecule has 0 saturated carbocycles. The summed E-state index contributed by atoms with van der Waals surface area (Å²) in [6.45, 7) is 8.00. The predicted molar refractivity (Wildman–Crippen MR) is 106 cm³/mol. The highest BCUT2D eigenvalue weighted by molar-refractivity contribution is 5.76. The minimum atomic E-state index is 0.104. The first-order valence-corrected chi connectivity index (χ1v) is 9.10. The van der Waals surface area contributed by atoms with Crippen molar-refractivity contribution in [2.75, 3.05) is 18.4 Å². The normalized spacial score (nSPS) is 11.2. The lowest BCUT2D eigenvalue weighted by molar-refractivity contribution is -0.120. The second-order valence-corrected chi connectivity index (χ2v) is 7.44. The lowest BCUT2D eigenvalue weighted by atomic mass is 9.87. The van der Waals surface area contributed by atoms with Crippen LogP contribution in [0, 0.1) is 0 Å². The van der Waals surface area contributed by atoms with Crippen LogP contribution in [0.2, 0.25) is 0 Å². The van der Waals surface area contributed by atoms with Gasteiger partial charge in [0.15, 0.2) is 0 Å². The predicted octanol–water partition coefficient (Wildman–Crippen LogP) is 4.54. The number of nitrogens with one attached hydrogen (secondary N) is 2. The zero-order valence-electron chi connectivity index (χ0n) is 15.6. The Balaban J connectivity index is 1.60. The van der Waals surface area contributed by atoms with E-state index >= 15 is 0 Å². The number of amides is 1. The summed E-state index contributed by atoms with van der Waals surface area (Å²) in [6.07, 6.45) is 2.46.